The van der Waals surface area contributed by atoms with Crippen LogP contribution < -0.4 is 16.1 Å². The molecule has 26 heavy (non-hydrogen) atoms. The molecule has 1 aromatic heterocycles. The van der Waals surface area contributed by atoms with Crippen molar-refractivity contribution in [3.8, 4) is 0 Å². The van der Waals surface area contributed by atoms with Crippen LogP contribution in [0.15, 0.2) is 0 Å². The lowest BCUT2D eigenvalue weighted by atomic mass is 9.84. The van der Waals surface area contributed by atoms with Crippen molar-refractivity contribution in [2.45, 2.75) is 58.3 Å². The van der Waals surface area contributed by atoms with Gasteiger partial charge in [0.2, 0.25) is 5.91 Å². The van der Waals surface area contributed by atoms with E-state index in [1.165, 1.54) is 4.88 Å². The predicted molar refractivity (Wildman–Crippen MR) is 103 cm³/mol. The van der Waals surface area contributed by atoms with E-state index in [2.05, 4.69) is 23.0 Å². The van der Waals surface area contributed by atoms with Crippen molar-refractivity contribution in [1.29, 1.82) is 0 Å². The van der Waals surface area contributed by atoms with E-state index in [1.807, 2.05) is 0 Å². The van der Waals surface area contributed by atoms with Gasteiger partial charge in [-0.25, -0.2) is 5.48 Å². The number of hydroxylamine groups is 1. The second kappa shape index (κ2) is 8.97. The Balaban J connectivity index is 1.80. The van der Waals surface area contributed by atoms with E-state index in [9.17, 15) is 9.59 Å². The lowest BCUT2D eigenvalue weighted by Crippen LogP contribution is -2.28. The number of hydrogen-bond acceptors (Lipinski definition) is 5. The Bertz CT molecular complexity index is 655. The maximum absolute atomic E-state index is 12.9. The number of carbonyl (C=O) groups excluding carboxylic acids is 2. The highest BCUT2D eigenvalue weighted by Crippen LogP contribution is 2.41. The van der Waals surface area contributed by atoms with E-state index in [0.717, 1.165) is 61.9 Å². The van der Waals surface area contributed by atoms with Crippen molar-refractivity contribution in [2.24, 2.45) is 11.8 Å². The smallest absolute Gasteiger partial charge is 0.254 e. The first kappa shape index (κ1) is 19.3. The second-order valence-electron chi connectivity index (χ2n) is 7.39. The van der Waals surface area contributed by atoms with Crippen LogP contribution in [-0.4, -0.2) is 30.1 Å². The summed E-state index contributed by atoms with van der Waals surface area (Å²) in [6.45, 7) is 3.32. The molecule has 1 unspecified atom stereocenters. The minimum absolute atomic E-state index is 0.0484. The molecule has 1 atom stereocenters. The van der Waals surface area contributed by atoms with Gasteiger partial charge in [-0.05, 0) is 56.4 Å². The fraction of sp³-hybridized carbons (Fsp3) is 0.684. The number of amides is 2. The lowest BCUT2D eigenvalue weighted by Gasteiger charge is -2.22. The Morgan fingerprint density at radius 3 is 2.73 bits per heavy atom. The molecule has 0 saturated heterocycles. The van der Waals surface area contributed by atoms with Crippen molar-refractivity contribution in [3.05, 3.63) is 16.0 Å². The molecule has 1 saturated carbocycles. The minimum Gasteiger partial charge on any atom is -0.352 e. The Labute approximate surface area is 158 Å². The summed E-state index contributed by atoms with van der Waals surface area (Å²) in [4.78, 5) is 26.3. The second-order valence-corrected chi connectivity index (χ2v) is 8.49. The van der Waals surface area contributed by atoms with E-state index in [1.54, 1.807) is 11.3 Å². The van der Waals surface area contributed by atoms with Gasteiger partial charge in [-0.15, -0.1) is 11.3 Å². The quantitative estimate of drug-likeness (QED) is 0.392. The molecule has 7 heteroatoms. The van der Waals surface area contributed by atoms with Gasteiger partial charge in [0, 0.05) is 23.9 Å². The first-order valence-corrected chi connectivity index (χ1v) is 10.6. The predicted octanol–water partition coefficient (Wildman–Crippen LogP) is 3.10. The Hall–Kier alpha value is -1.44. The molecule has 1 fully saturated rings. The molecule has 2 amide bonds. The Kier molecular flexibility index (Phi) is 6.67. The van der Waals surface area contributed by atoms with Crippen molar-refractivity contribution in [1.82, 2.24) is 10.8 Å². The maximum atomic E-state index is 12.9. The third kappa shape index (κ3) is 4.64. The largest absolute Gasteiger partial charge is 0.352 e. The van der Waals surface area contributed by atoms with Gasteiger partial charge in [0.1, 0.15) is 5.00 Å². The fourth-order valence-corrected chi connectivity index (χ4v) is 4.77. The monoisotopic (exact) mass is 379 g/mol. The lowest BCUT2D eigenvalue weighted by molar-refractivity contribution is -0.117. The number of hydrogen-bond donors (Lipinski definition) is 4. The van der Waals surface area contributed by atoms with Gasteiger partial charge in [-0.3, -0.25) is 9.59 Å². The summed E-state index contributed by atoms with van der Waals surface area (Å²) in [6.07, 6.45) is 7.59. The van der Waals surface area contributed by atoms with Crippen molar-refractivity contribution in [2.75, 3.05) is 18.4 Å². The third-order valence-electron chi connectivity index (χ3n) is 5.26. The van der Waals surface area contributed by atoms with Crippen LogP contribution in [0.1, 0.15) is 66.2 Å². The normalized spacial score (nSPS) is 19.1. The zero-order valence-corrected chi connectivity index (χ0v) is 16.2. The number of aryl methyl sites for hydroxylation is 1. The van der Waals surface area contributed by atoms with E-state index >= 15 is 0 Å². The van der Waals surface area contributed by atoms with E-state index in [-0.39, 0.29) is 17.7 Å². The Morgan fingerprint density at radius 2 is 2.04 bits per heavy atom. The fourth-order valence-electron chi connectivity index (χ4n) is 3.53. The van der Waals surface area contributed by atoms with E-state index in [0.29, 0.717) is 24.6 Å². The number of rotatable bonds is 9. The zero-order valence-electron chi connectivity index (χ0n) is 15.4. The molecular formula is C19H29N3O3S. The molecule has 6 nitrogen and oxygen atoms in total. The standard InChI is InChI=1S/C19H29N3O3S/c1-2-3-9-20-18(24)16-14-11-12(8-10-21-25)4-7-15(14)26-19(16)22-17(23)13-5-6-13/h12-13,21,25H,2-11H2,1H3,(H,20,24)(H,22,23). The molecule has 0 radical (unpaired) electrons. The molecule has 0 spiro atoms. The van der Waals surface area contributed by atoms with Crippen molar-refractivity contribution >= 4 is 28.2 Å². The molecule has 3 rings (SSSR count). The molecule has 0 aliphatic heterocycles. The highest BCUT2D eigenvalue weighted by atomic mass is 32.1. The summed E-state index contributed by atoms with van der Waals surface area (Å²) in [5.74, 6) is 0.551. The topological polar surface area (TPSA) is 90.5 Å². The summed E-state index contributed by atoms with van der Waals surface area (Å²) in [7, 11) is 0. The van der Waals surface area contributed by atoms with Crippen LogP contribution >= 0.6 is 11.3 Å². The molecule has 2 aliphatic rings. The molecule has 2 aliphatic carbocycles. The van der Waals surface area contributed by atoms with Crippen LogP contribution in [0.5, 0.6) is 0 Å². The van der Waals surface area contributed by atoms with Gasteiger partial charge in [0.25, 0.3) is 5.91 Å². The summed E-state index contributed by atoms with van der Waals surface area (Å²) < 4.78 is 0. The molecule has 1 heterocycles. The maximum Gasteiger partial charge on any atom is 0.254 e. The Morgan fingerprint density at radius 1 is 1.23 bits per heavy atom. The van der Waals surface area contributed by atoms with Crippen LogP contribution in [0.4, 0.5) is 5.00 Å². The highest BCUT2D eigenvalue weighted by Gasteiger charge is 2.33. The van der Waals surface area contributed by atoms with Crippen LogP contribution in [-0.2, 0) is 17.6 Å². The number of nitrogens with one attached hydrogen (secondary N) is 3. The number of thiophene rings is 1. The van der Waals surface area contributed by atoms with Crippen molar-refractivity contribution < 1.29 is 14.8 Å². The molecule has 4 N–H and O–H groups in total. The number of fused-ring (bicyclic) bond motifs is 1. The first-order valence-electron chi connectivity index (χ1n) is 9.74. The van der Waals surface area contributed by atoms with Crippen LogP contribution in [0.2, 0.25) is 0 Å². The van der Waals surface area contributed by atoms with E-state index < -0.39 is 0 Å². The highest BCUT2D eigenvalue weighted by molar-refractivity contribution is 7.17. The van der Waals surface area contributed by atoms with Gasteiger partial charge in [0.15, 0.2) is 0 Å². The first-order chi connectivity index (χ1) is 12.6. The molecule has 0 bridgehead atoms. The summed E-state index contributed by atoms with van der Waals surface area (Å²) in [6, 6.07) is 0. The summed E-state index contributed by atoms with van der Waals surface area (Å²) >= 11 is 1.57. The van der Waals surface area contributed by atoms with Crippen LogP contribution in [0, 0.1) is 11.8 Å². The zero-order chi connectivity index (χ0) is 18.5. The number of carbonyl (C=O) groups is 2. The van der Waals surface area contributed by atoms with Crippen LogP contribution in [0.25, 0.3) is 0 Å². The molecule has 1 aromatic rings. The molecule has 0 aromatic carbocycles. The van der Waals surface area contributed by atoms with Crippen molar-refractivity contribution in [3.63, 3.8) is 0 Å². The van der Waals surface area contributed by atoms with Gasteiger partial charge in [-0.1, -0.05) is 13.3 Å². The van der Waals surface area contributed by atoms with Gasteiger partial charge < -0.3 is 15.8 Å². The van der Waals surface area contributed by atoms with Gasteiger partial charge >= 0.3 is 0 Å². The SMILES string of the molecule is CCCCNC(=O)c1c(NC(=O)C2CC2)sc2c1CC(CCNO)CC2. The minimum atomic E-state index is -0.0667. The molecular weight excluding hydrogens is 350 g/mol. The number of unbranched alkanes of at least 4 members (excludes halogenated alkanes) is 1. The molecule has 144 valence electrons. The van der Waals surface area contributed by atoms with E-state index in [4.69, 9.17) is 5.21 Å². The van der Waals surface area contributed by atoms with Crippen LogP contribution in [0.3, 0.4) is 0 Å². The summed E-state index contributed by atoms with van der Waals surface area (Å²) in [5.41, 5.74) is 4.01. The van der Waals surface area contributed by atoms with Gasteiger partial charge in [0.05, 0.1) is 5.56 Å². The van der Waals surface area contributed by atoms with Gasteiger partial charge in [-0.2, -0.15) is 0 Å². The summed E-state index contributed by atoms with van der Waals surface area (Å²) in [5, 5.41) is 15.6. The number of anilines is 1. The average molecular weight is 380 g/mol. The third-order valence-corrected chi connectivity index (χ3v) is 6.46. The average Bonchev–Trinajstić information content (AvgIpc) is 3.42.